The van der Waals surface area contributed by atoms with Gasteiger partial charge in [0.15, 0.2) is 5.78 Å². The summed E-state index contributed by atoms with van der Waals surface area (Å²) in [4.78, 5) is 13.3. The predicted molar refractivity (Wildman–Crippen MR) is 156 cm³/mol. The fraction of sp³-hybridized carbons (Fsp3) is 0.452. The first-order valence-electron chi connectivity index (χ1n) is 13.6. The normalized spacial score (nSPS) is 25.6. The first-order valence-corrected chi connectivity index (χ1v) is 13.6. The van der Waals surface area contributed by atoms with Crippen molar-refractivity contribution in [3.63, 3.8) is 0 Å². The van der Waals surface area contributed by atoms with E-state index in [9.17, 15) is 4.79 Å². The highest BCUT2D eigenvalue weighted by Crippen LogP contribution is 2.37. The van der Waals surface area contributed by atoms with E-state index < -0.39 is 14.2 Å². The highest BCUT2D eigenvalue weighted by Gasteiger charge is 2.52. The molecule has 0 unspecified atom stereocenters. The van der Waals surface area contributed by atoms with Crippen LogP contribution in [0, 0.1) is 0 Å². The van der Waals surface area contributed by atoms with Crippen molar-refractivity contribution in [3.8, 4) is 0 Å². The molecule has 3 fully saturated rings. The van der Waals surface area contributed by atoms with Crippen molar-refractivity contribution >= 4 is 43.1 Å². The van der Waals surface area contributed by atoms with Crippen LogP contribution in [-0.4, -0.2) is 55.6 Å². The fourth-order valence-corrected chi connectivity index (χ4v) is 4.68. The van der Waals surface area contributed by atoms with Crippen LogP contribution in [0.5, 0.6) is 0 Å². The third-order valence-electron chi connectivity index (χ3n) is 8.70. The summed E-state index contributed by atoms with van der Waals surface area (Å²) in [6, 6.07) is 15.9. The molecule has 0 atom stereocenters. The molecule has 0 N–H and O–H groups in total. The summed E-state index contributed by atoms with van der Waals surface area (Å²) in [6.45, 7) is 16.9. The van der Waals surface area contributed by atoms with Crippen molar-refractivity contribution in [2.45, 2.75) is 77.8 Å². The summed E-state index contributed by atoms with van der Waals surface area (Å²) in [5.74, 6) is 0.00585. The minimum absolute atomic E-state index is 0.00585. The third kappa shape index (κ3) is 5.46. The SMILES string of the molecule is CC1(C)OB(c2ccc(/C=C3\COC/C(=C\c4ccc(B5OC(C)(C)C(C)(C)O5)cc4)C3=O)cc2)OC1(C)C. The van der Waals surface area contributed by atoms with Crippen LogP contribution < -0.4 is 10.9 Å². The Labute approximate surface area is 233 Å². The zero-order valence-corrected chi connectivity index (χ0v) is 24.3. The lowest BCUT2D eigenvalue weighted by Gasteiger charge is -2.32. The number of carbonyl (C=O) groups is 1. The first kappa shape index (κ1) is 28.1. The first-order chi connectivity index (χ1) is 18.2. The van der Waals surface area contributed by atoms with Crippen molar-refractivity contribution in [1.29, 1.82) is 0 Å². The maximum Gasteiger partial charge on any atom is 0.494 e. The van der Waals surface area contributed by atoms with Crippen LogP contribution in [0.1, 0.15) is 66.5 Å². The van der Waals surface area contributed by atoms with Gasteiger partial charge in [0.05, 0.1) is 35.6 Å². The molecule has 0 saturated carbocycles. The van der Waals surface area contributed by atoms with Gasteiger partial charge in [0, 0.05) is 11.1 Å². The molecule has 0 aliphatic carbocycles. The van der Waals surface area contributed by atoms with Gasteiger partial charge in [-0.05, 0) is 89.6 Å². The summed E-state index contributed by atoms with van der Waals surface area (Å²) in [5, 5.41) is 0. The molecule has 3 aliphatic heterocycles. The van der Waals surface area contributed by atoms with E-state index in [2.05, 4.69) is 0 Å². The molecule has 8 heteroatoms. The van der Waals surface area contributed by atoms with Crippen molar-refractivity contribution in [1.82, 2.24) is 0 Å². The lowest BCUT2D eigenvalue weighted by atomic mass is 9.78. The topological polar surface area (TPSA) is 63.2 Å². The molecule has 3 saturated heterocycles. The zero-order valence-electron chi connectivity index (χ0n) is 24.3. The van der Waals surface area contributed by atoms with Gasteiger partial charge in [0.1, 0.15) is 0 Å². The van der Waals surface area contributed by atoms with Gasteiger partial charge in [0.25, 0.3) is 0 Å². The van der Waals surface area contributed by atoms with E-state index in [1.807, 2.05) is 116 Å². The number of ketones is 1. The molecule has 2 aromatic carbocycles. The molecule has 204 valence electrons. The second kappa shape index (κ2) is 9.86. The Hall–Kier alpha value is -2.48. The predicted octanol–water partition coefficient (Wildman–Crippen LogP) is 4.35. The van der Waals surface area contributed by atoms with E-state index in [0.717, 1.165) is 22.1 Å². The van der Waals surface area contributed by atoms with Gasteiger partial charge in [-0.25, -0.2) is 0 Å². The van der Waals surface area contributed by atoms with Gasteiger partial charge < -0.3 is 23.4 Å². The number of hydrogen-bond donors (Lipinski definition) is 0. The lowest BCUT2D eigenvalue weighted by Crippen LogP contribution is -2.41. The number of ether oxygens (including phenoxy) is 1. The lowest BCUT2D eigenvalue weighted by molar-refractivity contribution is -0.114. The Morgan fingerprint density at radius 3 is 1.18 bits per heavy atom. The van der Waals surface area contributed by atoms with E-state index in [0.29, 0.717) is 11.1 Å². The molecule has 0 bridgehead atoms. The fourth-order valence-electron chi connectivity index (χ4n) is 4.68. The van der Waals surface area contributed by atoms with E-state index in [1.165, 1.54) is 0 Å². The average Bonchev–Trinajstić information content (AvgIpc) is 3.22. The summed E-state index contributed by atoms with van der Waals surface area (Å²) in [6.07, 6.45) is 3.79. The second-order valence-corrected chi connectivity index (χ2v) is 12.7. The molecule has 3 aliphatic rings. The minimum Gasteiger partial charge on any atom is -0.399 e. The Morgan fingerprint density at radius 1 is 0.564 bits per heavy atom. The van der Waals surface area contributed by atoms with Crippen molar-refractivity contribution in [2.24, 2.45) is 0 Å². The van der Waals surface area contributed by atoms with Gasteiger partial charge >= 0.3 is 14.2 Å². The van der Waals surface area contributed by atoms with Crippen molar-refractivity contribution in [3.05, 3.63) is 70.8 Å². The molecule has 39 heavy (non-hydrogen) atoms. The van der Waals surface area contributed by atoms with Crippen LogP contribution in [0.3, 0.4) is 0 Å². The quantitative estimate of drug-likeness (QED) is 0.435. The molecule has 0 amide bonds. The van der Waals surface area contributed by atoms with E-state index in [4.69, 9.17) is 23.4 Å². The highest BCUT2D eigenvalue weighted by atomic mass is 16.7. The summed E-state index contributed by atoms with van der Waals surface area (Å²) in [5.41, 5.74) is 3.45. The Kier molecular flexibility index (Phi) is 7.09. The van der Waals surface area contributed by atoms with Crippen LogP contribution in [0.2, 0.25) is 0 Å². The maximum absolute atomic E-state index is 13.3. The largest absolute Gasteiger partial charge is 0.494 e. The maximum atomic E-state index is 13.3. The second-order valence-electron chi connectivity index (χ2n) is 12.7. The number of benzene rings is 2. The van der Waals surface area contributed by atoms with E-state index in [-0.39, 0.29) is 41.4 Å². The molecule has 3 heterocycles. The van der Waals surface area contributed by atoms with Gasteiger partial charge in [0.2, 0.25) is 0 Å². The third-order valence-corrected chi connectivity index (χ3v) is 8.70. The van der Waals surface area contributed by atoms with Crippen LogP contribution in [-0.2, 0) is 28.1 Å². The Morgan fingerprint density at radius 2 is 0.872 bits per heavy atom. The average molecular weight is 528 g/mol. The van der Waals surface area contributed by atoms with Crippen LogP contribution in [0.4, 0.5) is 0 Å². The smallest absolute Gasteiger partial charge is 0.399 e. The van der Waals surface area contributed by atoms with Crippen molar-refractivity contribution in [2.75, 3.05) is 13.2 Å². The van der Waals surface area contributed by atoms with Gasteiger partial charge in [-0.2, -0.15) is 0 Å². The summed E-state index contributed by atoms with van der Waals surface area (Å²) >= 11 is 0. The van der Waals surface area contributed by atoms with E-state index >= 15 is 0 Å². The van der Waals surface area contributed by atoms with Crippen LogP contribution in [0.25, 0.3) is 12.2 Å². The number of carbonyl (C=O) groups excluding carboxylic acids is 1. The van der Waals surface area contributed by atoms with E-state index in [1.54, 1.807) is 0 Å². The van der Waals surface area contributed by atoms with Gasteiger partial charge in [-0.1, -0.05) is 48.5 Å². The standard InChI is InChI=1S/C31H38B2O6/c1-28(2)29(3,4)37-32(36-28)25-13-9-21(10-14-25)17-23-19-35-20-24(27(23)34)18-22-11-15-26(16-12-22)33-38-30(5,6)31(7,8)39-33/h9-18H,19-20H2,1-8H3/b23-17+,24-18+. The van der Waals surface area contributed by atoms with Gasteiger partial charge in [-0.3, -0.25) is 4.79 Å². The number of hydrogen-bond acceptors (Lipinski definition) is 6. The molecular formula is C31H38B2O6. The number of rotatable bonds is 4. The Balaban J connectivity index is 1.27. The van der Waals surface area contributed by atoms with Crippen LogP contribution in [0.15, 0.2) is 59.7 Å². The summed E-state index contributed by atoms with van der Waals surface area (Å²) in [7, 11) is -0.830. The number of Topliss-reactive ketones (excluding diaryl/α,β-unsaturated/α-hetero) is 1. The molecule has 2 aromatic rings. The highest BCUT2D eigenvalue weighted by molar-refractivity contribution is 6.62. The molecule has 6 nitrogen and oxygen atoms in total. The summed E-state index contributed by atoms with van der Waals surface area (Å²) < 4.78 is 30.4. The Bertz CT molecular complexity index is 1170. The van der Waals surface area contributed by atoms with Gasteiger partial charge in [-0.15, -0.1) is 0 Å². The van der Waals surface area contributed by atoms with Crippen molar-refractivity contribution < 1.29 is 28.1 Å². The van der Waals surface area contributed by atoms with Crippen LogP contribution >= 0.6 is 0 Å². The molecule has 0 aromatic heterocycles. The zero-order chi connectivity index (χ0) is 28.2. The molecule has 0 spiro atoms. The molecule has 5 rings (SSSR count). The molecular weight excluding hydrogens is 490 g/mol. The minimum atomic E-state index is -0.415. The monoisotopic (exact) mass is 528 g/mol. The molecule has 0 radical (unpaired) electrons.